The van der Waals surface area contributed by atoms with E-state index >= 15 is 0 Å². The smallest absolute Gasteiger partial charge is 0.309 e. The van der Waals surface area contributed by atoms with Crippen LogP contribution in [0.5, 0.6) is 0 Å². The molecule has 2 rings (SSSR count). The number of carboxylic acids is 1. The van der Waals surface area contributed by atoms with E-state index in [1.54, 1.807) is 24.3 Å². The molecule has 0 bridgehead atoms. The van der Waals surface area contributed by atoms with Crippen molar-refractivity contribution in [2.75, 3.05) is 0 Å². The van der Waals surface area contributed by atoms with Crippen LogP contribution in [0.25, 0.3) is 11.3 Å². The van der Waals surface area contributed by atoms with Gasteiger partial charge in [-0.25, -0.2) is 4.63 Å². The second-order valence-electron chi connectivity index (χ2n) is 3.11. The topological polar surface area (TPSA) is 76.2 Å². The van der Waals surface area contributed by atoms with Crippen LogP contribution in [-0.2, 0) is 11.2 Å². The zero-order chi connectivity index (χ0) is 11.5. The molecule has 1 heterocycles. The lowest BCUT2D eigenvalue weighted by molar-refractivity contribution is -0.136. The molecule has 0 saturated heterocycles. The molecule has 0 fully saturated rings. The van der Waals surface area contributed by atoms with Gasteiger partial charge in [0.25, 0.3) is 0 Å². The number of halogens is 1. The largest absolute Gasteiger partial charge is 0.481 e. The molecule has 0 aliphatic heterocycles. The van der Waals surface area contributed by atoms with E-state index in [4.69, 9.17) is 16.7 Å². The molecule has 0 unspecified atom stereocenters. The Morgan fingerprint density at radius 3 is 2.81 bits per heavy atom. The Hall–Kier alpha value is -1.88. The third-order valence-corrected chi connectivity index (χ3v) is 2.33. The van der Waals surface area contributed by atoms with Gasteiger partial charge in [0.05, 0.1) is 11.4 Å². The van der Waals surface area contributed by atoms with E-state index in [1.807, 2.05) is 0 Å². The number of nitrogens with zero attached hydrogens (tertiary/aromatic N) is 2. The standard InChI is InChI=1S/C10H7ClN2O3/c11-7-4-2-1-3-6(7)10-8(5-9(14)15)12-16-13-10/h1-4H,5H2,(H,14,15). The van der Waals surface area contributed by atoms with Crippen LogP contribution in [-0.4, -0.2) is 21.4 Å². The van der Waals surface area contributed by atoms with Crippen LogP contribution in [0, 0.1) is 0 Å². The van der Waals surface area contributed by atoms with Crippen LogP contribution in [0.1, 0.15) is 5.69 Å². The van der Waals surface area contributed by atoms with Crippen molar-refractivity contribution in [3.63, 3.8) is 0 Å². The molecule has 0 spiro atoms. The van der Waals surface area contributed by atoms with Crippen molar-refractivity contribution in [2.24, 2.45) is 0 Å². The maximum atomic E-state index is 10.6. The average molecular weight is 239 g/mol. The van der Waals surface area contributed by atoms with Gasteiger partial charge in [-0.1, -0.05) is 35.0 Å². The third kappa shape index (κ3) is 2.04. The molecular formula is C10H7ClN2O3. The zero-order valence-electron chi connectivity index (χ0n) is 8.05. The van der Waals surface area contributed by atoms with Gasteiger partial charge in [-0.3, -0.25) is 4.79 Å². The molecule has 0 aliphatic carbocycles. The number of carboxylic acid groups (broad SMARTS) is 1. The minimum absolute atomic E-state index is 0.246. The summed E-state index contributed by atoms with van der Waals surface area (Å²) in [6.45, 7) is 0. The first-order valence-corrected chi connectivity index (χ1v) is 4.84. The molecule has 0 aliphatic rings. The monoisotopic (exact) mass is 238 g/mol. The summed E-state index contributed by atoms with van der Waals surface area (Å²) in [4.78, 5) is 10.6. The van der Waals surface area contributed by atoms with Gasteiger partial charge < -0.3 is 5.11 Å². The lowest BCUT2D eigenvalue weighted by Gasteiger charge is -1.99. The summed E-state index contributed by atoms with van der Waals surface area (Å²) in [6, 6.07) is 6.97. The quantitative estimate of drug-likeness (QED) is 0.885. The summed E-state index contributed by atoms with van der Waals surface area (Å²) in [6.07, 6.45) is -0.246. The normalized spacial score (nSPS) is 10.3. The molecule has 2 aromatic rings. The first-order chi connectivity index (χ1) is 7.68. The van der Waals surface area contributed by atoms with Gasteiger partial charge >= 0.3 is 5.97 Å². The minimum atomic E-state index is -0.996. The number of carbonyl (C=O) groups is 1. The Bertz CT molecular complexity index is 524. The molecule has 82 valence electrons. The van der Waals surface area contributed by atoms with Gasteiger partial charge in [0, 0.05) is 5.56 Å². The molecule has 6 heteroatoms. The zero-order valence-corrected chi connectivity index (χ0v) is 8.81. The van der Waals surface area contributed by atoms with Crippen molar-refractivity contribution in [3.8, 4) is 11.3 Å². The molecular weight excluding hydrogens is 232 g/mol. The summed E-state index contributed by atoms with van der Waals surface area (Å²) < 4.78 is 4.53. The molecule has 0 saturated carbocycles. The Labute approximate surface area is 95.6 Å². The van der Waals surface area contributed by atoms with Crippen molar-refractivity contribution >= 4 is 17.6 Å². The fraction of sp³-hybridized carbons (Fsp3) is 0.100. The average Bonchev–Trinajstić information content (AvgIpc) is 2.66. The van der Waals surface area contributed by atoms with Crippen molar-refractivity contribution in [3.05, 3.63) is 35.0 Å². The van der Waals surface area contributed by atoms with E-state index in [1.165, 1.54) is 0 Å². The first kappa shape index (κ1) is 10.6. The molecule has 0 radical (unpaired) electrons. The highest BCUT2D eigenvalue weighted by atomic mass is 35.5. The molecule has 0 amide bonds. The molecule has 1 aromatic carbocycles. The Kier molecular flexibility index (Phi) is 2.87. The van der Waals surface area contributed by atoms with Crippen LogP contribution in [0.15, 0.2) is 28.9 Å². The number of hydrogen-bond acceptors (Lipinski definition) is 4. The molecule has 5 nitrogen and oxygen atoms in total. The number of hydrogen-bond donors (Lipinski definition) is 1. The molecule has 0 atom stereocenters. The van der Waals surface area contributed by atoms with Crippen molar-refractivity contribution < 1.29 is 14.5 Å². The number of aliphatic carboxylic acids is 1. The highest BCUT2D eigenvalue weighted by molar-refractivity contribution is 6.33. The van der Waals surface area contributed by atoms with E-state index in [-0.39, 0.29) is 12.1 Å². The first-order valence-electron chi connectivity index (χ1n) is 4.46. The summed E-state index contributed by atoms with van der Waals surface area (Å²) in [7, 11) is 0. The third-order valence-electron chi connectivity index (χ3n) is 2.00. The Morgan fingerprint density at radius 1 is 1.38 bits per heavy atom. The fourth-order valence-corrected chi connectivity index (χ4v) is 1.55. The van der Waals surface area contributed by atoms with Crippen molar-refractivity contribution in [1.29, 1.82) is 0 Å². The highest BCUT2D eigenvalue weighted by Crippen LogP contribution is 2.28. The lowest BCUT2D eigenvalue weighted by Crippen LogP contribution is -2.01. The second kappa shape index (κ2) is 4.32. The van der Waals surface area contributed by atoms with Gasteiger partial charge in [-0.15, -0.1) is 0 Å². The second-order valence-corrected chi connectivity index (χ2v) is 3.52. The van der Waals surface area contributed by atoms with E-state index in [0.29, 0.717) is 16.3 Å². The Balaban J connectivity index is 2.45. The van der Waals surface area contributed by atoms with Gasteiger partial charge in [-0.05, 0) is 11.2 Å². The molecule has 1 N–H and O–H groups in total. The predicted octanol–water partition coefficient (Wildman–Crippen LogP) is 2.02. The summed E-state index contributed by atoms with van der Waals surface area (Å²) in [5.74, 6) is -0.996. The van der Waals surface area contributed by atoms with Crippen LogP contribution < -0.4 is 0 Å². The van der Waals surface area contributed by atoms with E-state index in [0.717, 1.165) is 0 Å². The number of aromatic nitrogens is 2. The van der Waals surface area contributed by atoms with Gasteiger partial charge in [0.2, 0.25) is 0 Å². The Morgan fingerprint density at radius 2 is 2.12 bits per heavy atom. The van der Waals surface area contributed by atoms with Crippen molar-refractivity contribution in [1.82, 2.24) is 10.3 Å². The van der Waals surface area contributed by atoms with Crippen LogP contribution in [0.2, 0.25) is 5.02 Å². The summed E-state index contributed by atoms with van der Waals surface area (Å²) in [5, 5.41) is 16.4. The number of rotatable bonds is 3. The minimum Gasteiger partial charge on any atom is -0.481 e. The summed E-state index contributed by atoms with van der Waals surface area (Å²) >= 11 is 5.97. The number of benzene rings is 1. The van der Waals surface area contributed by atoms with Gasteiger partial charge in [0.1, 0.15) is 11.4 Å². The SMILES string of the molecule is O=C(O)Cc1nonc1-c1ccccc1Cl. The lowest BCUT2D eigenvalue weighted by atomic mass is 10.1. The maximum absolute atomic E-state index is 10.6. The van der Waals surface area contributed by atoms with Crippen LogP contribution in [0.3, 0.4) is 0 Å². The van der Waals surface area contributed by atoms with Gasteiger partial charge in [-0.2, -0.15) is 0 Å². The summed E-state index contributed by atoms with van der Waals surface area (Å²) in [5.41, 5.74) is 1.25. The van der Waals surface area contributed by atoms with E-state index < -0.39 is 5.97 Å². The molecule has 16 heavy (non-hydrogen) atoms. The predicted molar refractivity (Wildman–Crippen MR) is 56.1 cm³/mol. The highest BCUT2D eigenvalue weighted by Gasteiger charge is 2.16. The van der Waals surface area contributed by atoms with Crippen LogP contribution >= 0.6 is 11.6 Å². The van der Waals surface area contributed by atoms with Crippen LogP contribution in [0.4, 0.5) is 0 Å². The fourth-order valence-electron chi connectivity index (χ4n) is 1.32. The van der Waals surface area contributed by atoms with Crippen molar-refractivity contribution in [2.45, 2.75) is 6.42 Å². The van der Waals surface area contributed by atoms with E-state index in [9.17, 15) is 4.79 Å². The molecule has 1 aromatic heterocycles. The van der Waals surface area contributed by atoms with E-state index in [2.05, 4.69) is 14.9 Å². The van der Waals surface area contributed by atoms with Gasteiger partial charge in [0.15, 0.2) is 0 Å². The maximum Gasteiger partial charge on any atom is 0.309 e.